The van der Waals surface area contributed by atoms with E-state index in [1.165, 1.54) is 0 Å². The molecule has 0 radical (unpaired) electrons. The number of aliphatic carboxylic acids is 2. The van der Waals surface area contributed by atoms with Crippen LogP contribution in [0.25, 0.3) is 0 Å². The molecule has 16 heavy (non-hydrogen) atoms. The van der Waals surface area contributed by atoms with Gasteiger partial charge < -0.3 is 10.2 Å². The highest BCUT2D eigenvalue weighted by molar-refractivity contribution is 5.76. The predicted octanol–water partition coefficient (Wildman–Crippen LogP) is 2.77. The zero-order chi connectivity index (χ0) is 13.0. The van der Waals surface area contributed by atoms with Gasteiger partial charge in [0.05, 0.1) is 5.41 Å². The Labute approximate surface area is 96.7 Å². The molecule has 0 fully saturated rings. The van der Waals surface area contributed by atoms with E-state index in [-0.39, 0.29) is 18.3 Å². The van der Waals surface area contributed by atoms with Crippen LogP contribution in [0.5, 0.6) is 0 Å². The van der Waals surface area contributed by atoms with Gasteiger partial charge in [-0.1, -0.05) is 27.7 Å². The van der Waals surface area contributed by atoms with E-state index in [1.54, 1.807) is 0 Å². The highest BCUT2D eigenvalue weighted by Crippen LogP contribution is 2.40. The monoisotopic (exact) mass is 230 g/mol. The van der Waals surface area contributed by atoms with Gasteiger partial charge in [-0.05, 0) is 24.7 Å². The first-order chi connectivity index (χ1) is 7.13. The summed E-state index contributed by atoms with van der Waals surface area (Å²) < 4.78 is 0. The summed E-state index contributed by atoms with van der Waals surface area (Å²) in [5.41, 5.74) is -1.02. The number of rotatable bonds is 6. The molecule has 0 aromatic carbocycles. The first-order valence-corrected chi connectivity index (χ1v) is 5.58. The third kappa shape index (κ3) is 4.64. The van der Waals surface area contributed by atoms with Crippen molar-refractivity contribution in [3.8, 4) is 0 Å². The Morgan fingerprint density at radius 1 is 1.12 bits per heavy atom. The zero-order valence-electron chi connectivity index (χ0n) is 10.5. The fourth-order valence-corrected chi connectivity index (χ4v) is 2.09. The third-order valence-corrected chi connectivity index (χ3v) is 2.82. The minimum absolute atomic E-state index is 0.0871. The number of hydrogen-bond acceptors (Lipinski definition) is 2. The SMILES string of the molecule is CCC(CCC(=O)O)(CC(C)(C)C)C(=O)O. The average Bonchev–Trinajstić information content (AvgIpc) is 2.09. The molecular weight excluding hydrogens is 208 g/mol. The van der Waals surface area contributed by atoms with Crippen molar-refractivity contribution in [3.63, 3.8) is 0 Å². The maximum absolute atomic E-state index is 11.3. The van der Waals surface area contributed by atoms with E-state index < -0.39 is 17.4 Å². The molecule has 2 N–H and O–H groups in total. The number of carboxylic acid groups (broad SMARTS) is 2. The lowest BCUT2D eigenvalue weighted by atomic mass is 9.69. The maximum atomic E-state index is 11.3. The third-order valence-electron chi connectivity index (χ3n) is 2.82. The van der Waals surface area contributed by atoms with Crippen molar-refractivity contribution < 1.29 is 19.8 Å². The molecule has 0 bridgehead atoms. The maximum Gasteiger partial charge on any atom is 0.309 e. The van der Waals surface area contributed by atoms with Gasteiger partial charge in [-0.2, -0.15) is 0 Å². The van der Waals surface area contributed by atoms with Crippen molar-refractivity contribution >= 4 is 11.9 Å². The predicted molar refractivity (Wildman–Crippen MR) is 61.3 cm³/mol. The van der Waals surface area contributed by atoms with E-state index >= 15 is 0 Å². The van der Waals surface area contributed by atoms with Crippen LogP contribution in [-0.4, -0.2) is 22.2 Å². The van der Waals surface area contributed by atoms with Gasteiger partial charge in [-0.3, -0.25) is 9.59 Å². The van der Waals surface area contributed by atoms with Crippen molar-refractivity contribution in [3.05, 3.63) is 0 Å². The van der Waals surface area contributed by atoms with E-state index in [4.69, 9.17) is 5.11 Å². The Kier molecular flexibility index (Phi) is 4.97. The van der Waals surface area contributed by atoms with Crippen molar-refractivity contribution in [2.24, 2.45) is 10.8 Å². The van der Waals surface area contributed by atoms with E-state index in [0.29, 0.717) is 12.8 Å². The van der Waals surface area contributed by atoms with Gasteiger partial charge in [-0.15, -0.1) is 0 Å². The summed E-state index contributed by atoms with van der Waals surface area (Å²) in [5, 5.41) is 18.0. The van der Waals surface area contributed by atoms with Gasteiger partial charge in [0.2, 0.25) is 0 Å². The smallest absolute Gasteiger partial charge is 0.309 e. The standard InChI is InChI=1S/C12H22O4/c1-5-12(10(15)16,7-6-9(13)14)8-11(2,3)4/h5-8H2,1-4H3,(H,13,14)(H,15,16). The van der Waals surface area contributed by atoms with Crippen molar-refractivity contribution in [1.82, 2.24) is 0 Å². The summed E-state index contributed by atoms with van der Waals surface area (Å²) in [7, 11) is 0. The largest absolute Gasteiger partial charge is 0.481 e. The molecule has 0 aliphatic rings. The highest BCUT2D eigenvalue weighted by atomic mass is 16.4. The van der Waals surface area contributed by atoms with Crippen LogP contribution in [-0.2, 0) is 9.59 Å². The van der Waals surface area contributed by atoms with Crippen LogP contribution in [0.1, 0.15) is 53.4 Å². The lowest BCUT2D eigenvalue weighted by molar-refractivity contribution is -0.152. The normalized spacial score (nSPS) is 15.5. The Morgan fingerprint density at radius 2 is 1.62 bits per heavy atom. The fourth-order valence-electron chi connectivity index (χ4n) is 2.09. The first-order valence-electron chi connectivity index (χ1n) is 5.58. The summed E-state index contributed by atoms with van der Waals surface area (Å²) in [6.45, 7) is 7.73. The number of carbonyl (C=O) groups is 2. The van der Waals surface area contributed by atoms with Crippen LogP contribution in [0.2, 0.25) is 0 Å². The van der Waals surface area contributed by atoms with Gasteiger partial charge in [-0.25, -0.2) is 0 Å². The lowest BCUT2D eigenvalue weighted by Crippen LogP contribution is -2.35. The molecule has 0 aliphatic heterocycles. The number of carboxylic acids is 2. The minimum Gasteiger partial charge on any atom is -0.481 e. The van der Waals surface area contributed by atoms with E-state index in [0.717, 1.165) is 0 Å². The molecule has 0 aliphatic carbocycles. The molecule has 1 atom stereocenters. The molecule has 0 heterocycles. The molecule has 4 heteroatoms. The van der Waals surface area contributed by atoms with E-state index in [1.807, 2.05) is 27.7 Å². The van der Waals surface area contributed by atoms with E-state index in [2.05, 4.69) is 0 Å². The fraction of sp³-hybridized carbons (Fsp3) is 0.833. The van der Waals surface area contributed by atoms with Gasteiger partial charge in [0, 0.05) is 6.42 Å². The molecule has 0 aromatic heterocycles. The quantitative estimate of drug-likeness (QED) is 0.735. The Balaban J connectivity index is 4.86. The van der Waals surface area contributed by atoms with Crippen LogP contribution in [0.3, 0.4) is 0 Å². The lowest BCUT2D eigenvalue weighted by Gasteiger charge is -2.34. The molecule has 1 unspecified atom stereocenters. The molecule has 0 aromatic rings. The second-order valence-electron chi connectivity index (χ2n) is 5.57. The summed E-state index contributed by atoms with van der Waals surface area (Å²) >= 11 is 0. The van der Waals surface area contributed by atoms with Gasteiger partial charge in [0.25, 0.3) is 0 Å². The van der Waals surface area contributed by atoms with Crippen LogP contribution >= 0.6 is 0 Å². The molecular formula is C12H22O4. The second-order valence-corrected chi connectivity index (χ2v) is 5.57. The van der Waals surface area contributed by atoms with Crippen LogP contribution in [0.15, 0.2) is 0 Å². The van der Waals surface area contributed by atoms with Crippen LogP contribution < -0.4 is 0 Å². The highest BCUT2D eigenvalue weighted by Gasteiger charge is 2.40. The molecule has 0 saturated carbocycles. The second kappa shape index (κ2) is 5.32. The van der Waals surface area contributed by atoms with Crippen LogP contribution in [0.4, 0.5) is 0 Å². The van der Waals surface area contributed by atoms with Crippen molar-refractivity contribution in [2.75, 3.05) is 0 Å². The van der Waals surface area contributed by atoms with Gasteiger partial charge >= 0.3 is 11.9 Å². The summed E-state index contributed by atoms with van der Waals surface area (Å²) in [5.74, 6) is -1.82. The van der Waals surface area contributed by atoms with Crippen LogP contribution in [0, 0.1) is 10.8 Å². The van der Waals surface area contributed by atoms with Crippen molar-refractivity contribution in [1.29, 1.82) is 0 Å². The molecule has 0 amide bonds. The Bertz CT molecular complexity index is 265. The average molecular weight is 230 g/mol. The van der Waals surface area contributed by atoms with Gasteiger partial charge in [0.15, 0.2) is 0 Å². The molecule has 0 spiro atoms. The minimum atomic E-state index is -0.937. The summed E-state index contributed by atoms with van der Waals surface area (Å²) in [4.78, 5) is 21.9. The summed E-state index contributed by atoms with van der Waals surface area (Å²) in [6, 6.07) is 0. The molecule has 0 saturated heterocycles. The van der Waals surface area contributed by atoms with E-state index in [9.17, 15) is 14.7 Å². The van der Waals surface area contributed by atoms with Crippen molar-refractivity contribution in [2.45, 2.75) is 53.4 Å². The zero-order valence-corrected chi connectivity index (χ0v) is 10.5. The summed E-state index contributed by atoms with van der Waals surface area (Å²) in [6.07, 6.45) is 1.08. The molecule has 0 rings (SSSR count). The number of hydrogen-bond donors (Lipinski definition) is 2. The Morgan fingerprint density at radius 3 is 1.88 bits per heavy atom. The molecule has 94 valence electrons. The topological polar surface area (TPSA) is 74.6 Å². The first kappa shape index (κ1) is 14.9. The molecule has 4 nitrogen and oxygen atoms in total. The van der Waals surface area contributed by atoms with Gasteiger partial charge in [0.1, 0.15) is 0 Å². The Hall–Kier alpha value is -1.06.